The van der Waals surface area contributed by atoms with Gasteiger partial charge in [-0.1, -0.05) is 11.8 Å². The summed E-state index contributed by atoms with van der Waals surface area (Å²) in [4.78, 5) is 26.4. The molecule has 27 heavy (non-hydrogen) atoms. The summed E-state index contributed by atoms with van der Waals surface area (Å²) >= 11 is 3.02. The maximum absolute atomic E-state index is 12.5. The second-order valence-electron chi connectivity index (χ2n) is 6.46. The molecule has 0 radical (unpaired) electrons. The van der Waals surface area contributed by atoms with Crippen molar-refractivity contribution in [1.82, 2.24) is 19.3 Å². The number of sulfonamides is 1. The molecule has 0 saturated carbocycles. The topological polar surface area (TPSA) is 96.0 Å². The molecular formula is C17H18N4O3S3. The molecule has 142 valence electrons. The molecule has 7 nitrogen and oxygen atoms in total. The number of pyridine rings is 1. The number of thioether (sulfide) groups is 1. The summed E-state index contributed by atoms with van der Waals surface area (Å²) in [7, 11) is -0.521. The Balaban J connectivity index is 1.53. The summed E-state index contributed by atoms with van der Waals surface area (Å²) < 4.78 is 25.3. The summed E-state index contributed by atoms with van der Waals surface area (Å²) in [6, 6.07) is 3.20. The molecule has 0 aliphatic heterocycles. The number of thiophene rings is 1. The van der Waals surface area contributed by atoms with Crippen molar-refractivity contribution in [2.24, 2.45) is 0 Å². The highest BCUT2D eigenvalue weighted by atomic mass is 32.2. The third kappa shape index (κ3) is 3.42. The van der Waals surface area contributed by atoms with E-state index in [1.807, 2.05) is 0 Å². The molecule has 3 aromatic rings. The summed E-state index contributed by atoms with van der Waals surface area (Å²) in [5, 5.41) is 1.42. The van der Waals surface area contributed by atoms with E-state index in [9.17, 15) is 13.2 Å². The third-order valence-corrected chi connectivity index (χ3v) is 8.41. The lowest BCUT2D eigenvalue weighted by Crippen LogP contribution is -2.22. The van der Waals surface area contributed by atoms with E-state index in [0.29, 0.717) is 16.6 Å². The van der Waals surface area contributed by atoms with Crippen molar-refractivity contribution >= 4 is 43.3 Å². The number of rotatable bonds is 5. The Kier molecular flexibility index (Phi) is 4.83. The highest BCUT2D eigenvalue weighted by Gasteiger charge is 2.21. The smallest absolute Gasteiger partial charge is 0.259 e. The molecule has 1 aliphatic carbocycles. The largest absolute Gasteiger partial charge is 0.309 e. The molecule has 0 amide bonds. The Morgan fingerprint density at radius 3 is 2.81 bits per heavy atom. The van der Waals surface area contributed by atoms with Crippen LogP contribution in [0, 0.1) is 0 Å². The van der Waals surface area contributed by atoms with Gasteiger partial charge >= 0.3 is 0 Å². The second-order valence-corrected chi connectivity index (χ2v) is 10.7. The Labute approximate surface area is 164 Å². The quantitative estimate of drug-likeness (QED) is 0.635. The molecule has 1 N–H and O–H groups in total. The molecule has 0 atom stereocenters. The van der Waals surface area contributed by atoms with Crippen LogP contribution >= 0.6 is 23.1 Å². The fourth-order valence-electron chi connectivity index (χ4n) is 3.07. The van der Waals surface area contributed by atoms with Crippen LogP contribution in [0.4, 0.5) is 0 Å². The van der Waals surface area contributed by atoms with Crippen molar-refractivity contribution in [2.45, 2.75) is 34.9 Å². The normalized spacial score (nSPS) is 14.2. The van der Waals surface area contributed by atoms with Crippen LogP contribution in [0.5, 0.6) is 0 Å². The van der Waals surface area contributed by atoms with Crippen LogP contribution in [0.2, 0.25) is 0 Å². The lowest BCUT2D eigenvalue weighted by Gasteiger charge is -2.11. The Morgan fingerprint density at radius 1 is 1.30 bits per heavy atom. The first-order valence-corrected chi connectivity index (χ1v) is 11.7. The SMILES string of the molecule is CN(C)S(=O)(=O)c1ccc(SCc2nc3sc4c(c3c(=O)[nH]2)CCC4)nc1. The van der Waals surface area contributed by atoms with Gasteiger partial charge in [-0.15, -0.1) is 11.3 Å². The van der Waals surface area contributed by atoms with Crippen LogP contribution in [-0.4, -0.2) is 41.8 Å². The van der Waals surface area contributed by atoms with Crippen LogP contribution in [0.1, 0.15) is 22.7 Å². The number of nitrogens with zero attached hydrogens (tertiary/aromatic N) is 3. The van der Waals surface area contributed by atoms with Crippen LogP contribution < -0.4 is 5.56 Å². The number of aromatic amines is 1. The molecule has 3 aromatic heterocycles. The number of fused-ring (bicyclic) bond motifs is 3. The zero-order chi connectivity index (χ0) is 19.2. The van der Waals surface area contributed by atoms with Crippen LogP contribution in [0.15, 0.2) is 33.0 Å². The average Bonchev–Trinajstić information content (AvgIpc) is 3.20. The lowest BCUT2D eigenvalue weighted by molar-refractivity contribution is 0.520. The van der Waals surface area contributed by atoms with E-state index in [0.717, 1.165) is 33.8 Å². The van der Waals surface area contributed by atoms with Crippen LogP contribution in [0.3, 0.4) is 0 Å². The number of hydrogen-bond acceptors (Lipinski definition) is 7. The molecule has 0 spiro atoms. The van der Waals surface area contributed by atoms with Crippen LogP contribution in [-0.2, 0) is 28.6 Å². The molecule has 0 unspecified atom stereocenters. The van der Waals surface area contributed by atoms with Crippen LogP contribution in [0.25, 0.3) is 10.2 Å². The minimum absolute atomic E-state index is 0.0737. The molecular weight excluding hydrogens is 404 g/mol. The summed E-state index contributed by atoms with van der Waals surface area (Å²) in [6.45, 7) is 0. The summed E-state index contributed by atoms with van der Waals surface area (Å²) in [6.07, 6.45) is 4.45. The van der Waals surface area contributed by atoms with Gasteiger partial charge < -0.3 is 4.98 Å². The summed E-state index contributed by atoms with van der Waals surface area (Å²) in [5.41, 5.74) is 1.10. The fraction of sp³-hybridized carbons (Fsp3) is 0.353. The van der Waals surface area contributed by atoms with E-state index in [1.165, 1.54) is 48.6 Å². The Bertz CT molecular complexity index is 1160. The zero-order valence-electron chi connectivity index (χ0n) is 14.9. The third-order valence-electron chi connectivity index (χ3n) is 4.47. The van der Waals surface area contributed by atoms with Gasteiger partial charge in [-0.3, -0.25) is 4.79 Å². The highest BCUT2D eigenvalue weighted by molar-refractivity contribution is 7.98. The molecule has 10 heteroatoms. The maximum atomic E-state index is 12.5. The van der Waals surface area contributed by atoms with E-state index >= 15 is 0 Å². The van der Waals surface area contributed by atoms with Crippen molar-refractivity contribution in [3.8, 4) is 0 Å². The van der Waals surface area contributed by atoms with Gasteiger partial charge in [0, 0.05) is 25.2 Å². The van der Waals surface area contributed by atoms with Gasteiger partial charge in [-0.25, -0.2) is 22.7 Å². The predicted octanol–water partition coefficient (Wildman–Crippen LogP) is 2.41. The predicted molar refractivity (Wildman–Crippen MR) is 107 cm³/mol. The summed E-state index contributed by atoms with van der Waals surface area (Å²) in [5.74, 6) is 1.06. The first-order valence-electron chi connectivity index (χ1n) is 8.41. The minimum atomic E-state index is -3.49. The van der Waals surface area contributed by atoms with Gasteiger partial charge in [0.15, 0.2) is 0 Å². The molecule has 0 fully saturated rings. The Morgan fingerprint density at radius 2 is 2.11 bits per heavy atom. The average molecular weight is 423 g/mol. The van der Waals surface area contributed by atoms with Gasteiger partial charge in [-0.05, 0) is 37.0 Å². The molecule has 3 heterocycles. The first-order chi connectivity index (χ1) is 12.9. The van der Waals surface area contributed by atoms with E-state index in [2.05, 4.69) is 15.0 Å². The van der Waals surface area contributed by atoms with Gasteiger partial charge in [0.1, 0.15) is 15.6 Å². The van der Waals surface area contributed by atoms with Gasteiger partial charge in [0.25, 0.3) is 5.56 Å². The zero-order valence-corrected chi connectivity index (χ0v) is 17.3. The van der Waals surface area contributed by atoms with E-state index in [-0.39, 0.29) is 10.5 Å². The second kappa shape index (κ2) is 7.01. The minimum Gasteiger partial charge on any atom is -0.309 e. The van der Waals surface area contributed by atoms with E-state index < -0.39 is 10.0 Å². The number of nitrogens with one attached hydrogen (secondary N) is 1. The van der Waals surface area contributed by atoms with Crippen molar-refractivity contribution in [1.29, 1.82) is 0 Å². The highest BCUT2D eigenvalue weighted by Crippen LogP contribution is 2.34. The molecule has 4 rings (SSSR count). The van der Waals surface area contributed by atoms with Gasteiger partial charge in [0.2, 0.25) is 10.0 Å². The monoisotopic (exact) mass is 422 g/mol. The standard InChI is InChI=1S/C17H18N4O3S3/c1-21(2)27(23,24)10-6-7-14(18-8-10)25-9-13-19-16(22)15-11-4-3-5-12(11)26-17(15)20-13/h6-8H,3-5,9H2,1-2H3,(H,19,20,22). The van der Waals surface area contributed by atoms with Crippen molar-refractivity contribution in [2.75, 3.05) is 14.1 Å². The molecule has 0 aromatic carbocycles. The number of hydrogen-bond donors (Lipinski definition) is 1. The maximum Gasteiger partial charge on any atom is 0.259 e. The van der Waals surface area contributed by atoms with Crippen molar-refractivity contribution in [3.63, 3.8) is 0 Å². The van der Waals surface area contributed by atoms with E-state index in [1.54, 1.807) is 17.4 Å². The van der Waals surface area contributed by atoms with Crippen molar-refractivity contribution in [3.05, 3.63) is 44.9 Å². The van der Waals surface area contributed by atoms with Gasteiger partial charge in [0.05, 0.1) is 16.2 Å². The lowest BCUT2D eigenvalue weighted by atomic mass is 10.2. The number of H-pyrrole nitrogens is 1. The molecule has 0 saturated heterocycles. The van der Waals surface area contributed by atoms with Crippen molar-refractivity contribution < 1.29 is 8.42 Å². The number of aryl methyl sites for hydroxylation is 2. The number of aromatic nitrogens is 3. The van der Waals surface area contributed by atoms with E-state index in [4.69, 9.17) is 0 Å². The van der Waals surface area contributed by atoms with Gasteiger partial charge in [-0.2, -0.15) is 0 Å². The fourth-order valence-corrected chi connectivity index (χ4v) is 5.91. The molecule has 1 aliphatic rings. The first kappa shape index (κ1) is 18.6. The molecule has 0 bridgehead atoms. The Hall–Kier alpha value is -1.75.